The Balaban J connectivity index is 3.17. The van der Waals surface area contributed by atoms with Crippen molar-refractivity contribution < 1.29 is 8.78 Å². The molecule has 1 heterocycles. The summed E-state index contributed by atoms with van der Waals surface area (Å²) in [5, 5.41) is 0. The fourth-order valence-corrected chi connectivity index (χ4v) is 1.45. The SMILES string of the molecule is FC(F)c1cncc(Br)c1I. The molecular formula is C6H3BrF2IN. The molecule has 1 nitrogen and oxygen atoms in total. The Kier molecular flexibility index (Phi) is 3.17. The Labute approximate surface area is 84.5 Å². The van der Waals surface area contributed by atoms with Gasteiger partial charge in [0.1, 0.15) is 0 Å². The van der Waals surface area contributed by atoms with Crippen molar-refractivity contribution in [3.05, 3.63) is 26.0 Å². The molecule has 0 spiro atoms. The van der Waals surface area contributed by atoms with Gasteiger partial charge in [0.15, 0.2) is 0 Å². The van der Waals surface area contributed by atoms with Crippen LogP contribution in [0.25, 0.3) is 0 Å². The van der Waals surface area contributed by atoms with Gasteiger partial charge in [0, 0.05) is 20.4 Å². The van der Waals surface area contributed by atoms with E-state index in [0.29, 0.717) is 8.04 Å². The minimum Gasteiger partial charge on any atom is -0.263 e. The van der Waals surface area contributed by atoms with Crippen LogP contribution in [0.5, 0.6) is 0 Å². The number of alkyl halides is 2. The maximum Gasteiger partial charge on any atom is 0.266 e. The molecule has 11 heavy (non-hydrogen) atoms. The normalized spacial score (nSPS) is 10.6. The second kappa shape index (κ2) is 3.75. The molecule has 0 saturated heterocycles. The number of rotatable bonds is 1. The van der Waals surface area contributed by atoms with E-state index in [9.17, 15) is 8.78 Å². The lowest BCUT2D eigenvalue weighted by Crippen LogP contribution is -1.91. The quantitative estimate of drug-likeness (QED) is 0.718. The highest BCUT2D eigenvalue weighted by Crippen LogP contribution is 2.28. The first-order valence-electron chi connectivity index (χ1n) is 2.70. The summed E-state index contributed by atoms with van der Waals surface area (Å²) in [6.45, 7) is 0. The Hall–Kier alpha value is 0.220. The summed E-state index contributed by atoms with van der Waals surface area (Å²) in [6.07, 6.45) is 0.220. The monoisotopic (exact) mass is 333 g/mol. The summed E-state index contributed by atoms with van der Waals surface area (Å²) in [7, 11) is 0. The molecule has 0 atom stereocenters. The fourth-order valence-electron chi connectivity index (χ4n) is 0.586. The molecule has 0 aliphatic heterocycles. The zero-order chi connectivity index (χ0) is 8.43. The smallest absolute Gasteiger partial charge is 0.263 e. The van der Waals surface area contributed by atoms with Crippen LogP contribution in [0.2, 0.25) is 0 Å². The molecule has 0 amide bonds. The lowest BCUT2D eigenvalue weighted by atomic mass is 10.3. The van der Waals surface area contributed by atoms with E-state index in [1.165, 1.54) is 12.4 Å². The molecule has 0 radical (unpaired) electrons. The van der Waals surface area contributed by atoms with Crippen molar-refractivity contribution in [3.63, 3.8) is 0 Å². The zero-order valence-electron chi connectivity index (χ0n) is 5.19. The maximum atomic E-state index is 12.1. The van der Waals surface area contributed by atoms with Crippen molar-refractivity contribution in [3.8, 4) is 0 Å². The summed E-state index contributed by atoms with van der Waals surface area (Å²) in [5.41, 5.74) is -0.0278. The highest BCUT2D eigenvalue weighted by atomic mass is 127. The third-order valence-corrected chi connectivity index (χ3v) is 3.65. The molecule has 5 heteroatoms. The second-order valence-electron chi connectivity index (χ2n) is 1.83. The van der Waals surface area contributed by atoms with Gasteiger partial charge in [0.25, 0.3) is 6.43 Å². The van der Waals surface area contributed by atoms with Gasteiger partial charge >= 0.3 is 0 Å². The van der Waals surface area contributed by atoms with Gasteiger partial charge in [0.05, 0.1) is 5.56 Å². The van der Waals surface area contributed by atoms with Gasteiger partial charge in [0.2, 0.25) is 0 Å². The van der Waals surface area contributed by atoms with Crippen LogP contribution in [-0.2, 0) is 0 Å². The van der Waals surface area contributed by atoms with Gasteiger partial charge in [-0.15, -0.1) is 0 Å². The number of aromatic nitrogens is 1. The van der Waals surface area contributed by atoms with E-state index in [4.69, 9.17) is 0 Å². The van der Waals surface area contributed by atoms with Crippen LogP contribution in [0.15, 0.2) is 16.9 Å². The largest absolute Gasteiger partial charge is 0.266 e. The summed E-state index contributed by atoms with van der Waals surface area (Å²) in [5.74, 6) is 0. The van der Waals surface area contributed by atoms with E-state index < -0.39 is 6.43 Å². The third kappa shape index (κ3) is 2.08. The topological polar surface area (TPSA) is 12.9 Å². The standard InChI is InChI=1S/C6H3BrF2IN/c7-4-2-11-1-3(5(4)10)6(8)9/h1-2,6H. The van der Waals surface area contributed by atoms with Gasteiger partial charge < -0.3 is 0 Å². The van der Waals surface area contributed by atoms with Crippen molar-refractivity contribution in [1.82, 2.24) is 4.98 Å². The van der Waals surface area contributed by atoms with Gasteiger partial charge in [-0.05, 0) is 38.5 Å². The molecule has 0 aromatic carbocycles. The Morgan fingerprint density at radius 1 is 1.45 bits per heavy atom. The predicted octanol–water partition coefficient (Wildman–Crippen LogP) is 3.39. The first-order chi connectivity index (χ1) is 5.13. The molecule has 0 saturated carbocycles. The van der Waals surface area contributed by atoms with Crippen LogP contribution in [0.1, 0.15) is 12.0 Å². The summed E-state index contributed by atoms with van der Waals surface area (Å²) in [4.78, 5) is 3.63. The predicted molar refractivity (Wildman–Crippen MR) is 49.6 cm³/mol. The molecule has 1 rings (SSSR count). The van der Waals surface area contributed by atoms with Crippen LogP contribution in [-0.4, -0.2) is 4.98 Å². The Morgan fingerprint density at radius 2 is 2.09 bits per heavy atom. The van der Waals surface area contributed by atoms with E-state index in [-0.39, 0.29) is 5.56 Å². The van der Waals surface area contributed by atoms with Gasteiger partial charge in [-0.25, -0.2) is 8.78 Å². The minimum atomic E-state index is -2.45. The van der Waals surface area contributed by atoms with Crippen LogP contribution < -0.4 is 0 Å². The van der Waals surface area contributed by atoms with Crippen molar-refractivity contribution in [2.45, 2.75) is 6.43 Å². The average molecular weight is 334 g/mol. The molecule has 60 valence electrons. The van der Waals surface area contributed by atoms with Crippen molar-refractivity contribution in [2.24, 2.45) is 0 Å². The van der Waals surface area contributed by atoms with Crippen LogP contribution in [0, 0.1) is 3.57 Å². The van der Waals surface area contributed by atoms with E-state index in [1.54, 1.807) is 0 Å². The fraction of sp³-hybridized carbons (Fsp3) is 0.167. The van der Waals surface area contributed by atoms with E-state index >= 15 is 0 Å². The number of halogens is 4. The lowest BCUT2D eigenvalue weighted by Gasteiger charge is -2.02. The van der Waals surface area contributed by atoms with E-state index in [2.05, 4.69) is 20.9 Å². The Bertz CT molecular complexity index is 267. The second-order valence-corrected chi connectivity index (χ2v) is 3.76. The minimum absolute atomic E-state index is 0.0278. The summed E-state index contributed by atoms with van der Waals surface area (Å²) >= 11 is 4.96. The molecule has 0 bridgehead atoms. The first-order valence-corrected chi connectivity index (χ1v) is 4.57. The molecule has 1 aromatic rings. The van der Waals surface area contributed by atoms with Crippen LogP contribution >= 0.6 is 38.5 Å². The third-order valence-electron chi connectivity index (χ3n) is 1.10. The number of nitrogens with zero attached hydrogens (tertiary/aromatic N) is 1. The molecule has 0 fully saturated rings. The van der Waals surface area contributed by atoms with Crippen LogP contribution in [0.3, 0.4) is 0 Å². The molecular weight excluding hydrogens is 331 g/mol. The van der Waals surface area contributed by atoms with Gasteiger partial charge in [-0.2, -0.15) is 0 Å². The van der Waals surface area contributed by atoms with Crippen LogP contribution in [0.4, 0.5) is 8.78 Å². The molecule has 1 aromatic heterocycles. The first kappa shape index (κ1) is 9.31. The van der Waals surface area contributed by atoms with E-state index in [0.717, 1.165) is 0 Å². The van der Waals surface area contributed by atoms with Crippen molar-refractivity contribution in [2.75, 3.05) is 0 Å². The molecule has 0 unspecified atom stereocenters. The number of pyridine rings is 1. The summed E-state index contributed by atoms with van der Waals surface area (Å²) < 4.78 is 25.4. The van der Waals surface area contributed by atoms with Gasteiger partial charge in [-0.3, -0.25) is 4.98 Å². The lowest BCUT2D eigenvalue weighted by molar-refractivity contribution is 0.150. The Morgan fingerprint density at radius 3 is 2.55 bits per heavy atom. The number of hydrogen-bond donors (Lipinski definition) is 0. The van der Waals surface area contributed by atoms with Crippen molar-refractivity contribution >= 4 is 38.5 Å². The zero-order valence-corrected chi connectivity index (χ0v) is 8.93. The molecule has 0 aliphatic rings. The highest BCUT2D eigenvalue weighted by molar-refractivity contribution is 14.1. The highest BCUT2D eigenvalue weighted by Gasteiger charge is 2.13. The number of hydrogen-bond acceptors (Lipinski definition) is 1. The van der Waals surface area contributed by atoms with Crippen molar-refractivity contribution in [1.29, 1.82) is 0 Å². The average Bonchev–Trinajstić information content (AvgIpc) is 1.94. The summed E-state index contributed by atoms with van der Waals surface area (Å²) in [6, 6.07) is 0. The molecule has 0 N–H and O–H groups in total. The van der Waals surface area contributed by atoms with E-state index in [1.807, 2.05) is 22.6 Å². The van der Waals surface area contributed by atoms with Gasteiger partial charge in [-0.1, -0.05) is 0 Å². The molecule has 0 aliphatic carbocycles. The maximum absolute atomic E-state index is 12.1.